The molecular weight excluding hydrogens is 280 g/mol. The van der Waals surface area contributed by atoms with Crippen LogP contribution in [-0.4, -0.2) is 9.97 Å². The van der Waals surface area contributed by atoms with E-state index >= 15 is 0 Å². The lowest BCUT2D eigenvalue weighted by atomic mass is 9.87. The van der Waals surface area contributed by atoms with Crippen molar-refractivity contribution in [3.05, 3.63) is 53.2 Å². The summed E-state index contributed by atoms with van der Waals surface area (Å²) in [5.74, 6) is 1.17. The van der Waals surface area contributed by atoms with Gasteiger partial charge in [-0.1, -0.05) is 45.1 Å². The molecule has 0 spiro atoms. The molecule has 110 valence electrons. The number of hydrogen-bond donors (Lipinski definition) is 1. The molecule has 0 bridgehead atoms. The summed E-state index contributed by atoms with van der Waals surface area (Å²) < 4.78 is 5.84. The first-order valence-electron chi connectivity index (χ1n) is 6.83. The van der Waals surface area contributed by atoms with Crippen LogP contribution in [0.3, 0.4) is 0 Å². The molecule has 0 aliphatic heterocycles. The van der Waals surface area contributed by atoms with E-state index < -0.39 is 0 Å². The van der Waals surface area contributed by atoms with Gasteiger partial charge in [-0.25, -0.2) is 4.98 Å². The Morgan fingerprint density at radius 2 is 1.76 bits per heavy atom. The van der Waals surface area contributed by atoms with Crippen molar-refractivity contribution in [1.29, 1.82) is 0 Å². The highest BCUT2D eigenvalue weighted by atomic mass is 32.1. The number of aryl methyl sites for hydroxylation is 1. The van der Waals surface area contributed by atoms with Crippen molar-refractivity contribution in [3.63, 3.8) is 0 Å². The van der Waals surface area contributed by atoms with Gasteiger partial charge in [0.05, 0.1) is 5.56 Å². The summed E-state index contributed by atoms with van der Waals surface area (Å²) in [4.78, 5) is 4.53. The van der Waals surface area contributed by atoms with Gasteiger partial charge >= 0.3 is 0 Å². The zero-order valence-electron chi connectivity index (χ0n) is 12.8. The normalized spacial score (nSPS) is 11.2. The lowest BCUT2D eigenvalue weighted by Crippen LogP contribution is -2.13. The molecule has 0 radical (unpaired) electrons. The molecule has 1 aromatic carbocycles. The summed E-state index contributed by atoms with van der Waals surface area (Å²) >= 11 is 5.08. The summed E-state index contributed by atoms with van der Waals surface area (Å²) in [5, 5.41) is 0. The first-order valence-corrected chi connectivity index (χ1v) is 7.23. The number of nitrogens with two attached hydrogens (primary N) is 1. The van der Waals surface area contributed by atoms with Gasteiger partial charge in [0.25, 0.3) is 0 Å². The molecule has 2 N–H and O–H groups in total. The highest BCUT2D eigenvalue weighted by Crippen LogP contribution is 2.28. The zero-order valence-corrected chi connectivity index (χ0v) is 13.6. The maximum Gasteiger partial charge on any atom is 0.229 e. The third-order valence-electron chi connectivity index (χ3n) is 3.31. The number of ether oxygens (including phenoxy) is 1. The first kappa shape index (κ1) is 15.4. The number of benzene rings is 1. The molecule has 2 rings (SSSR count). The Kier molecular flexibility index (Phi) is 4.28. The summed E-state index contributed by atoms with van der Waals surface area (Å²) in [7, 11) is 0. The molecule has 0 fully saturated rings. The van der Waals surface area contributed by atoms with E-state index in [2.05, 4.69) is 37.9 Å². The molecule has 0 atom stereocenters. The molecule has 1 aromatic heterocycles. The van der Waals surface area contributed by atoms with Crippen molar-refractivity contribution in [3.8, 4) is 11.6 Å². The molecule has 2 aromatic rings. The predicted molar refractivity (Wildman–Crippen MR) is 90.1 cm³/mol. The smallest absolute Gasteiger partial charge is 0.229 e. The van der Waals surface area contributed by atoms with E-state index in [1.165, 1.54) is 5.56 Å². The molecule has 4 heteroatoms. The van der Waals surface area contributed by atoms with Crippen LogP contribution < -0.4 is 10.5 Å². The minimum absolute atomic E-state index is 0.115. The predicted octanol–water partition coefficient (Wildman–Crippen LogP) is 4.11. The lowest BCUT2D eigenvalue weighted by molar-refractivity contribution is 0.460. The second kappa shape index (κ2) is 5.82. The first-order chi connectivity index (χ1) is 9.79. The van der Waals surface area contributed by atoms with E-state index in [0.29, 0.717) is 16.4 Å². The standard InChI is InChI=1S/C17H20N2OS/c1-11-9-10-19-16(14(11)15(18)21)20-13-7-5-12(6-8-13)17(2,3)4/h5-10H,1-4H3,(H2,18,21). The molecule has 0 aliphatic rings. The fourth-order valence-corrected chi connectivity index (χ4v) is 2.29. The van der Waals surface area contributed by atoms with Crippen LogP contribution in [0.2, 0.25) is 0 Å². The van der Waals surface area contributed by atoms with Crippen molar-refractivity contribution < 1.29 is 4.74 Å². The van der Waals surface area contributed by atoms with Gasteiger partial charge in [-0.2, -0.15) is 0 Å². The molecule has 0 amide bonds. The third kappa shape index (κ3) is 3.58. The Morgan fingerprint density at radius 1 is 1.14 bits per heavy atom. The average molecular weight is 300 g/mol. The molecule has 1 heterocycles. The van der Waals surface area contributed by atoms with Gasteiger partial charge in [-0.05, 0) is 41.7 Å². The van der Waals surface area contributed by atoms with Crippen LogP contribution in [0, 0.1) is 6.92 Å². The largest absolute Gasteiger partial charge is 0.438 e. The minimum atomic E-state index is 0.115. The summed E-state index contributed by atoms with van der Waals surface area (Å²) in [6.07, 6.45) is 1.69. The second-order valence-electron chi connectivity index (χ2n) is 6.05. The van der Waals surface area contributed by atoms with Crippen LogP contribution in [0.1, 0.15) is 37.5 Å². The fraction of sp³-hybridized carbons (Fsp3) is 0.294. The van der Waals surface area contributed by atoms with Gasteiger partial charge < -0.3 is 10.5 Å². The van der Waals surface area contributed by atoms with Crippen LogP contribution in [-0.2, 0) is 5.41 Å². The average Bonchev–Trinajstić information content (AvgIpc) is 2.38. The highest BCUT2D eigenvalue weighted by Gasteiger charge is 2.15. The molecular formula is C17H20N2OS. The van der Waals surface area contributed by atoms with Crippen molar-refractivity contribution in [2.45, 2.75) is 33.1 Å². The fourth-order valence-electron chi connectivity index (χ4n) is 2.05. The van der Waals surface area contributed by atoms with Crippen LogP contribution >= 0.6 is 12.2 Å². The van der Waals surface area contributed by atoms with Gasteiger partial charge in [0, 0.05) is 6.20 Å². The van der Waals surface area contributed by atoms with Crippen molar-refractivity contribution in [1.82, 2.24) is 4.98 Å². The van der Waals surface area contributed by atoms with Gasteiger partial charge in [-0.15, -0.1) is 0 Å². The SMILES string of the molecule is Cc1ccnc(Oc2ccc(C(C)(C)C)cc2)c1C(N)=S. The number of pyridine rings is 1. The quantitative estimate of drug-likeness (QED) is 0.866. The molecule has 21 heavy (non-hydrogen) atoms. The Morgan fingerprint density at radius 3 is 2.29 bits per heavy atom. The Labute approximate surface area is 131 Å². The Balaban J connectivity index is 2.31. The highest BCUT2D eigenvalue weighted by molar-refractivity contribution is 7.80. The van der Waals surface area contributed by atoms with Gasteiger partial charge in [0.15, 0.2) is 0 Å². The Hall–Kier alpha value is -1.94. The topological polar surface area (TPSA) is 48.1 Å². The van der Waals surface area contributed by atoms with E-state index in [-0.39, 0.29) is 5.41 Å². The van der Waals surface area contributed by atoms with E-state index in [4.69, 9.17) is 22.7 Å². The third-order valence-corrected chi connectivity index (χ3v) is 3.51. The maximum absolute atomic E-state index is 5.84. The zero-order chi connectivity index (χ0) is 15.6. The summed E-state index contributed by atoms with van der Waals surface area (Å²) in [6.45, 7) is 8.47. The number of aromatic nitrogens is 1. The molecule has 0 aliphatic carbocycles. The second-order valence-corrected chi connectivity index (χ2v) is 6.49. The number of thiocarbonyl (C=S) groups is 1. The number of nitrogens with zero attached hydrogens (tertiary/aromatic N) is 1. The van der Waals surface area contributed by atoms with E-state index in [1.54, 1.807) is 6.20 Å². The van der Waals surface area contributed by atoms with E-state index in [1.807, 2.05) is 25.1 Å². The van der Waals surface area contributed by atoms with Crippen molar-refractivity contribution in [2.24, 2.45) is 5.73 Å². The lowest BCUT2D eigenvalue weighted by Gasteiger charge is -2.19. The van der Waals surface area contributed by atoms with E-state index in [9.17, 15) is 0 Å². The van der Waals surface area contributed by atoms with Crippen LogP contribution in [0.15, 0.2) is 36.5 Å². The van der Waals surface area contributed by atoms with Gasteiger partial charge in [0.1, 0.15) is 10.7 Å². The Bertz CT molecular complexity index is 657. The van der Waals surface area contributed by atoms with E-state index in [0.717, 1.165) is 11.3 Å². The van der Waals surface area contributed by atoms with Crippen LogP contribution in [0.5, 0.6) is 11.6 Å². The molecule has 0 unspecified atom stereocenters. The summed E-state index contributed by atoms with van der Waals surface area (Å²) in [6, 6.07) is 9.86. The van der Waals surface area contributed by atoms with Crippen LogP contribution in [0.4, 0.5) is 0 Å². The molecule has 0 saturated heterocycles. The minimum Gasteiger partial charge on any atom is -0.438 e. The molecule has 3 nitrogen and oxygen atoms in total. The van der Waals surface area contributed by atoms with Crippen molar-refractivity contribution in [2.75, 3.05) is 0 Å². The van der Waals surface area contributed by atoms with Gasteiger partial charge in [-0.3, -0.25) is 0 Å². The van der Waals surface area contributed by atoms with Crippen molar-refractivity contribution >= 4 is 17.2 Å². The van der Waals surface area contributed by atoms with Gasteiger partial charge in [0.2, 0.25) is 5.88 Å². The van der Waals surface area contributed by atoms with Crippen LogP contribution in [0.25, 0.3) is 0 Å². The number of rotatable bonds is 3. The summed E-state index contributed by atoms with van der Waals surface area (Å²) in [5.41, 5.74) is 8.77. The number of hydrogen-bond acceptors (Lipinski definition) is 3. The monoisotopic (exact) mass is 300 g/mol. The maximum atomic E-state index is 5.84. The molecule has 0 saturated carbocycles.